The van der Waals surface area contributed by atoms with Crippen molar-refractivity contribution in [3.63, 3.8) is 0 Å². The Bertz CT molecular complexity index is 1640. The predicted octanol–water partition coefficient (Wildman–Crippen LogP) is 7.06. The summed E-state index contributed by atoms with van der Waals surface area (Å²) in [6.07, 6.45) is 12.2. The highest BCUT2D eigenvalue weighted by Gasteiger charge is 2.71. The number of carbonyl (C=O) groups is 2. The Balaban J connectivity index is 1.14. The Hall–Kier alpha value is -2.56. The zero-order valence-electron chi connectivity index (χ0n) is 35.1. The van der Waals surface area contributed by atoms with E-state index < -0.39 is 11.4 Å². The van der Waals surface area contributed by atoms with Gasteiger partial charge in [0.1, 0.15) is 0 Å². The molecule has 4 N–H and O–H groups in total. The molecule has 0 unspecified atom stereocenters. The molecule has 1 aromatic rings. The van der Waals surface area contributed by atoms with E-state index in [0.29, 0.717) is 56.2 Å². The summed E-state index contributed by atoms with van der Waals surface area (Å²) in [5.74, 6) is 1.38. The van der Waals surface area contributed by atoms with E-state index in [4.69, 9.17) is 16.1 Å². The third-order valence-corrected chi connectivity index (χ3v) is 17.2. The number of carboxylic acid groups (broad SMARTS) is 1. The number of ether oxygens (including phenoxy) is 2. The number of aliphatic hydroxyl groups is 1. The minimum Gasteiger partial charge on any atom is -0.478 e. The third kappa shape index (κ3) is 7.03. The summed E-state index contributed by atoms with van der Waals surface area (Å²) >= 11 is 0. The van der Waals surface area contributed by atoms with Gasteiger partial charge in [-0.1, -0.05) is 59.4 Å². The molecule has 0 aromatic heterocycles. The summed E-state index contributed by atoms with van der Waals surface area (Å²) in [5, 5.41) is 25.4. The smallest absolute Gasteiger partial charge is 0.335 e. The van der Waals surface area contributed by atoms with Gasteiger partial charge in [-0.3, -0.25) is 9.69 Å². The Morgan fingerprint density at radius 1 is 0.911 bits per heavy atom. The molecule has 1 aromatic carbocycles. The van der Waals surface area contributed by atoms with Crippen molar-refractivity contribution in [2.24, 2.45) is 56.7 Å². The largest absolute Gasteiger partial charge is 0.478 e. The maximum Gasteiger partial charge on any atom is 0.335 e. The van der Waals surface area contributed by atoms with E-state index >= 15 is 0 Å². The van der Waals surface area contributed by atoms with Crippen molar-refractivity contribution in [2.75, 3.05) is 72.3 Å². The number of nitrogens with one attached hydrogen (secondary N) is 2. The molecular weight excluding hydrogens is 703 g/mol. The molecule has 9 nitrogen and oxygen atoms in total. The van der Waals surface area contributed by atoms with Gasteiger partial charge in [-0.05, 0) is 138 Å². The van der Waals surface area contributed by atoms with E-state index in [9.17, 15) is 19.8 Å². The van der Waals surface area contributed by atoms with E-state index in [1.165, 1.54) is 30.4 Å². The van der Waals surface area contributed by atoms with E-state index in [1.807, 2.05) is 12.1 Å². The van der Waals surface area contributed by atoms with Crippen molar-refractivity contribution in [1.82, 2.24) is 15.5 Å². The van der Waals surface area contributed by atoms with Crippen molar-refractivity contribution in [1.29, 1.82) is 0 Å². The van der Waals surface area contributed by atoms with Gasteiger partial charge in [0.2, 0.25) is 5.91 Å². The van der Waals surface area contributed by atoms with Gasteiger partial charge in [0.25, 0.3) is 0 Å². The van der Waals surface area contributed by atoms with Crippen LogP contribution in [-0.2, 0) is 14.3 Å². The van der Waals surface area contributed by atoms with Crippen LogP contribution in [0.2, 0.25) is 0 Å². The SMILES string of the molecule is C=C(COCCN1CCOCC1)[C@@H]1CC[C@]2(C(=O)NCCNCCO)CC[C@]3(C)[C@H](CC[C@@H]4[C@@]5(C)CC=C(c6ccc(C(=O)O)cc6)C(C)(C)[C@@H]5CC[C@]43C)[C@@H]12. The molecule has 1 saturated heterocycles. The van der Waals surface area contributed by atoms with Crippen LogP contribution in [0.5, 0.6) is 0 Å². The number of fused-ring (bicyclic) bond motifs is 7. The standard InChI is InChI=1S/C47H71N3O6/c1-32(31-56-30-26-50-24-28-55-29-25-50)35-13-18-47(42(54)49-22-21-48-23-27-51)20-19-45(5)37(40(35)47)11-12-39-44(4)16-14-36(33-7-9-34(10-8-33)41(52)53)43(2,3)38(44)15-17-46(39,45)6/h7-10,14,35,37-40,48,51H,1,11-13,15-31H2,2-6H3,(H,49,54)(H,52,53)/t35-,37+,38-,39+,40+,44-,45+,46+,47-/m0/s1. The molecule has 1 aliphatic heterocycles. The van der Waals surface area contributed by atoms with Crippen LogP contribution in [-0.4, -0.2) is 99.3 Å². The Morgan fingerprint density at radius 2 is 1.66 bits per heavy atom. The highest BCUT2D eigenvalue weighted by molar-refractivity contribution is 5.88. The van der Waals surface area contributed by atoms with E-state index in [1.54, 1.807) is 12.1 Å². The zero-order valence-corrected chi connectivity index (χ0v) is 35.1. The van der Waals surface area contributed by atoms with Gasteiger partial charge in [0.05, 0.1) is 44.0 Å². The van der Waals surface area contributed by atoms with Crippen LogP contribution in [0.4, 0.5) is 0 Å². The van der Waals surface area contributed by atoms with Crippen LogP contribution in [0, 0.1) is 56.7 Å². The van der Waals surface area contributed by atoms with E-state index in [-0.39, 0.29) is 46.0 Å². The van der Waals surface area contributed by atoms with Gasteiger partial charge in [-0.15, -0.1) is 0 Å². The summed E-state index contributed by atoms with van der Waals surface area (Å²) in [6.45, 7) is 25.0. The van der Waals surface area contributed by atoms with Crippen LogP contribution in [0.3, 0.4) is 0 Å². The van der Waals surface area contributed by atoms with Crippen LogP contribution < -0.4 is 10.6 Å². The van der Waals surface area contributed by atoms with Crippen LogP contribution in [0.25, 0.3) is 5.57 Å². The molecule has 0 radical (unpaired) electrons. The molecule has 4 saturated carbocycles. The molecule has 0 spiro atoms. The first kappa shape index (κ1) is 41.6. The molecule has 7 rings (SSSR count). The van der Waals surface area contributed by atoms with Crippen LogP contribution in [0.15, 0.2) is 42.5 Å². The van der Waals surface area contributed by atoms with Crippen LogP contribution in [0.1, 0.15) is 108 Å². The lowest BCUT2D eigenvalue weighted by Crippen LogP contribution is -2.66. The quantitative estimate of drug-likeness (QED) is 0.117. The number of benzene rings is 1. The third-order valence-electron chi connectivity index (χ3n) is 17.2. The first-order valence-corrected chi connectivity index (χ1v) is 21.9. The lowest BCUT2D eigenvalue weighted by molar-refractivity contribution is -0.225. The van der Waals surface area contributed by atoms with Gasteiger partial charge in [0, 0.05) is 39.3 Å². The zero-order chi connectivity index (χ0) is 39.9. The lowest BCUT2D eigenvalue weighted by Gasteiger charge is -2.72. The van der Waals surface area contributed by atoms with Crippen molar-refractivity contribution in [3.8, 4) is 0 Å². The van der Waals surface area contributed by atoms with Crippen molar-refractivity contribution < 1.29 is 29.3 Å². The van der Waals surface area contributed by atoms with Gasteiger partial charge in [0.15, 0.2) is 0 Å². The minimum atomic E-state index is -0.884. The normalized spacial score (nSPS) is 37.7. The molecule has 6 aliphatic rings. The summed E-state index contributed by atoms with van der Waals surface area (Å²) in [5.41, 5.74) is 3.97. The topological polar surface area (TPSA) is 120 Å². The fourth-order valence-electron chi connectivity index (χ4n) is 14.3. The maximum atomic E-state index is 14.6. The molecule has 0 bridgehead atoms. The molecule has 1 heterocycles. The highest BCUT2D eigenvalue weighted by atomic mass is 16.5. The minimum absolute atomic E-state index is 0.0429. The predicted molar refractivity (Wildman–Crippen MR) is 221 cm³/mol. The number of hydrogen-bond acceptors (Lipinski definition) is 7. The van der Waals surface area contributed by atoms with Crippen molar-refractivity contribution in [2.45, 2.75) is 92.4 Å². The van der Waals surface area contributed by atoms with E-state index in [2.05, 4.69) is 56.2 Å². The average molecular weight is 774 g/mol. The van der Waals surface area contributed by atoms with Crippen LogP contribution >= 0.6 is 0 Å². The number of allylic oxidation sites excluding steroid dienone is 2. The first-order chi connectivity index (χ1) is 26.7. The van der Waals surface area contributed by atoms with Gasteiger partial charge >= 0.3 is 5.97 Å². The van der Waals surface area contributed by atoms with Crippen molar-refractivity contribution in [3.05, 3.63) is 53.6 Å². The van der Waals surface area contributed by atoms with Gasteiger partial charge < -0.3 is 30.3 Å². The van der Waals surface area contributed by atoms with Crippen molar-refractivity contribution >= 4 is 17.4 Å². The molecule has 9 atom stereocenters. The summed E-state index contributed by atoms with van der Waals surface area (Å²) in [4.78, 5) is 28.6. The second kappa shape index (κ2) is 16.2. The lowest BCUT2D eigenvalue weighted by atomic mass is 9.32. The highest BCUT2D eigenvalue weighted by Crippen LogP contribution is 2.77. The van der Waals surface area contributed by atoms with Gasteiger partial charge in [-0.25, -0.2) is 4.79 Å². The molecule has 5 fully saturated rings. The number of rotatable bonds is 14. The number of amides is 1. The molecule has 9 heteroatoms. The van der Waals surface area contributed by atoms with E-state index in [0.717, 1.165) is 76.9 Å². The number of morpholine rings is 1. The Kier molecular flexibility index (Phi) is 12.1. The number of carboxylic acids is 1. The monoisotopic (exact) mass is 774 g/mol. The maximum absolute atomic E-state index is 14.6. The average Bonchev–Trinajstić information content (AvgIpc) is 3.58. The summed E-state index contributed by atoms with van der Waals surface area (Å²) in [7, 11) is 0. The second-order valence-corrected chi connectivity index (χ2v) is 19.8. The molecular formula is C47H71N3O6. The molecule has 310 valence electrons. The molecule has 1 amide bonds. The fourth-order valence-corrected chi connectivity index (χ4v) is 14.3. The second-order valence-electron chi connectivity index (χ2n) is 19.8. The molecule has 56 heavy (non-hydrogen) atoms. The number of aliphatic hydroxyl groups excluding tert-OH is 1. The summed E-state index contributed by atoms with van der Waals surface area (Å²) < 4.78 is 11.9. The molecule has 5 aliphatic carbocycles. The number of hydrogen-bond donors (Lipinski definition) is 4. The fraction of sp³-hybridized carbons (Fsp3) is 0.745. The Morgan fingerprint density at radius 3 is 2.38 bits per heavy atom. The Labute approximate surface area is 336 Å². The first-order valence-electron chi connectivity index (χ1n) is 21.9. The van der Waals surface area contributed by atoms with Gasteiger partial charge in [-0.2, -0.15) is 0 Å². The number of carbonyl (C=O) groups excluding carboxylic acids is 1. The number of nitrogens with zero attached hydrogens (tertiary/aromatic N) is 1. The summed E-state index contributed by atoms with van der Waals surface area (Å²) in [6, 6.07) is 7.53. The number of aromatic carboxylic acids is 1.